The van der Waals surface area contributed by atoms with E-state index in [4.69, 9.17) is 5.26 Å². The molecule has 0 spiro atoms. The monoisotopic (exact) mass is 141 g/mol. The molecule has 1 atom stereocenters. The van der Waals surface area contributed by atoms with Gasteiger partial charge in [-0.3, -0.25) is 4.57 Å². The molecule has 0 rings (SSSR count). The maximum absolute atomic E-state index is 10.0. The van der Waals surface area contributed by atoms with Crippen molar-refractivity contribution in [2.45, 2.75) is 6.92 Å². The van der Waals surface area contributed by atoms with Crippen molar-refractivity contribution in [3.63, 3.8) is 0 Å². The molecule has 0 saturated carbocycles. The molecule has 0 fully saturated rings. The van der Waals surface area contributed by atoms with Crippen LogP contribution in [-0.4, -0.2) is 6.61 Å². The third-order valence-corrected chi connectivity index (χ3v) is 1.26. The topological polar surface area (TPSA) is 73.2 Å². The van der Waals surface area contributed by atoms with Crippen LogP contribution in [0, 0.1) is 11.1 Å². The quantitative estimate of drug-likeness (QED) is 0.304. The Balaban J connectivity index is 0. The van der Waals surface area contributed by atoms with E-state index in [1.165, 1.54) is 6.92 Å². The average Bonchev–Trinajstić information content (AvgIpc) is 1.67. The van der Waals surface area contributed by atoms with Gasteiger partial charge in [0.1, 0.15) is 5.81 Å². The second-order valence-electron chi connectivity index (χ2n) is 1.02. The maximum atomic E-state index is 10.0. The van der Waals surface area contributed by atoms with E-state index < -0.39 is 7.60 Å². The molecule has 0 aromatic carbocycles. The summed E-state index contributed by atoms with van der Waals surface area (Å²) in [5.74, 6) is 1.02. The summed E-state index contributed by atoms with van der Waals surface area (Å²) in [6.45, 7) is 1.52. The van der Waals surface area contributed by atoms with Gasteiger partial charge in [-0.1, -0.05) is 0 Å². The summed E-state index contributed by atoms with van der Waals surface area (Å²) in [5, 5.41) is 7.77. The Kier molecular flexibility index (Phi) is 6.72. The molecular formula is C3H5LiNO3P. The first-order valence-electron chi connectivity index (χ1n) is 1.99. The molecule has 6 heteroatoms. The van der Waals surface area contributed by atoms with E-state index in [1.54, 1.807) is 0 Å². The van der Waals surface area contributed by atoms with Crippen molar-refractivity contribution in [2.24, 2.45) is 0 Å². The van der Waals surface area contributed by atoms with Crippen molar-refractivity contribution >= 4 is 7.60 Å². The SMILES string of the molecule is CCOP(=O)([O-])C#N.[Li+]. The van der Waals surface area contributed by atoms with Crippen LogP contribution in [-0.2, 0) is 9.09 Å². The Morgan fingerprint density at radius 3 is 2.44 bits per heavy atom. The molecule has 0 radical (unpaired) electrons. The van der Waals surface area contributed by atoms with Gasteiger partial charge in [0, 0.05) is 0 Å². The minimum absolute atomic E-state index is 0. The fraction of sp³-hybridized carbons (Fsp3) is 0.667. The second-order valence-corrected chi connectivity index (χ2v) is 2.47. The first kappa shape index (κ1) is 12.0. The van der Waals surface area contributed by atoms with Gasteiger partial charge in [-0.05, 0) is 6.92 Å². The van der Waals surface area contributed by atoms with Crippen LogP contribution in [0.2, 0.25) is 0 Å². The van der Waals surface area contributed by atoms with E-state index in [0.29, 0.717) is 0 Å². The molecule has 0 aliphatic carbocycles. The van der Waals surface area contributed by atoms with Crippen molar-refractivity contribution in [1.29, 1.82) is 5.26 Å². The largest absolute Gasteiger partial charge is 1.00 e. The molecule has 0 aliphatic rings. The standard InChI is InChI=1S/C3H6NO3P.Li/c1-2-7-8(5,6)3-4;/h2H2,1H3,(H,5,6);/q;+1/p-1. The van der Waals surface area contributed by atoms with E-state index in [9.17, 15) is 9.46 Å². The Morgan fingerprint density at radius 1 is 1.89 bits per heavy atom. The van der Waals surface area contributed by atoms with Crippen molar-refractivity contribution in [3.05, 3.63) is 0 Å². The van der Waals surface area contributed by atoms with Gasteiger partial charge >= 0.3 is 18.9 Å². The van der Waals surface area contributed by atoms with Gasteiger partial charge in [-0.25, -0.2) is 0 Å². The molecule has 4 nitrogen and oxygen atoms in total. The van der Waals surface area contributed by atoms with Gasteiger partial charge in [0.15, 0.2) is 0 Å². The molecule has 0 aromatic rings. The molecule has 0 heterocycles. The van der Waals surface area contributed by atoms with E-state index in [2.05, 4.69) is 4.52 Å². The summed E-state index contributed by atoms with van der Waals surface area (Å²) in [5.41, 5.74) is 0. The smallest absolute Gasteiger partial charge is 0.767 e. The number of nitriles is 1. The van der Waals surface area contributed by atoms with Gasteiger partial charge < -0.3 is 9.42 Å². The van der Waals surface area contributed by atoms with Crippen LogP contribution >= 0.6 is 7.60 Å². The van der Waals surface area contributed by atoms with E-state index >= 15 is 0 Å². The summed E-state index contributed by atoms with van der Waals surface area (Å²) in [7, 11) is -4.12. The third kappa shape index (κ3) is 6.12. The zero-order valence-electron chi connectivity index (χ0n) is 5.33. The molecule has 0 amide bonds. The van der Waals surface area contributed by atoms with Gasteiger partial charge in [0.25, 0.3) is 0 Å². The van der Waals surface area contributed by atoms with Crippen LogP contribution in [0.3, 0.4) is 0 Å². The predicted octanol–water partition coefficient (Wildman–Crippen LogP) is -2.94. The second kappa shape index (κ2) is 5.06. The normalized spacial score (nSPS) is 14.8. The van der Waals surface area contributed by atoms with Gasteiger partial charge in [-0.2, -0.15) is 5.26 Å². The first-order valence-corrected chi connectivity index (χ1v) is 3.53. The minimum Gasteiger partial charge on any atom is -0.767 e. The number of hydrogen-bond donors (Lipinski definition) is 0. The Labute approximate surface area is 65.5 Å². The van der Waals surface area contributed by atoms with E-state index in [-0.39, 0.29) is 25.5 Å². The van der Waals surface area contributed by atoms with Crippen molar-refractivity contribution in [2.75, 3.05) is 6.61 Å². The van der Waals surface area contributed by atoms with Crippen LogP contribution in [0.25, 0.3) is 0 Å². The van der Waals surface area contributed by atoms with Gasteiger partial charge in [-0.15, -0.1) is 0 Å². The number of hydrogen-bond acceptors (Lipinski definition) is 4. The Hall–Kier alpha value is 0.237. The predicted molar refractivity (Wildman–Crippen MR) is 24.8 cm³/mol. The van der Waals surface area contributed by atoms with Crippen molar-refractivity contribution in [1.82, 2.24) is 0 Å². The molecule has 46 valence electrons. The summed E-state index contributed by atoms with van der Waals surface area (Å²) in [6, 6.07) is 0. The van der Waals surface area contributed by atoms with Crippen LogP contribution < -0.4 is 23.8 Å². The summed E-state index contributed by atoms with van der Waals surface area (Å²) in [6.07, 6.45) is 0. The van der Waals surface area contributed by atoms with E-state index in [0.717, 1.165) is 5.81 Å². The maximum Gasteiger partial charge on any atom is 1.00 e. The average molecular weight is 141 g/mol. The first-order chi connectivity index (χ1) is 3.62. The fourth-order valence-electron chi connectivity index (χ4n) is 0.199. The number of rotatable bonds is 2. The van der Waals surface area contributed by atoms with Crippen molar-refractivity contribution < 1.29 is 32.8 Å². The minimum atomic E-state index is -4.12. The summed E-state index contributed by atoms with van der Waals surface area (Å²) >= 11 is 0. The summed E-state index contributed by atoms with van der Waals surface area (Å²) in [4.78, 5) is 10.0. The zero-order valence-corrected chi connectivity index (χ0v) is 6.22. The molecular weight excluding hydrogens is 136 g/mol. The van der Waals surface area contributed by atoms with Crippen LogP contribution in [0.1, 0.15) is 6.92 Å². The molecule has 0 aliphatic heterocycles. The van der Waals surface area contributed by atoms with E-state index in [1.807, 2.05) is 0 Å². The molecule has 9 heavy (non-hydrogen) atoms. The Morgan fingerprint density at radius 2 is 2.33 bits per heavy atom. The van der Waals surface area contributed by atoms with Gasteiger partial charge in [0.05, 0.1) is 6.61 Å². The summed E-state index contributed by atoms with van der Waals surface area (Å²) < 4.78 is 14.1. The molecule has 0 N–H and O–H groups in total. The van der Waals surface area contributed by atoms with Gasteiger partial charge in [0.2, 0.25) is 7.60 Å². The van der Waals surface area contributed by atoms with Crippen LogP contribution in [0.15, 0.2) is 0 Å². The zero-order chi connectivity index (χ0) is 6.62. The molecule has 1 unspecified atom stereocenters. The van der Waals surface area contributed by atoms with Crippen LogP contribution in [0.4, 0.5) is 0 Å². The Bertz CT molecular complexity index is 154. The van der Waals surface area contributed by atoms with Crippen LogP contribution in [0.5, 0.6) is 0 Å². The molecule has 0 saturated heterocycles. The van der Waals surface area contributed by atoms with Crippen molar-refractivity contribution in [3.8, 4) is 5.81 Å². The third-order valence-electron chi connectivity index (χ3n) is 0.422. The molecule has 0 aromatic heterocycles. The number of nitrogens with zero attached hydrogens (tertiary/aromatic N) is 1. The fourth-order valence-corrected chi connectivity index (χ4v) is 0.596. The molecule has 0 bridgehead atoms.